The Hall–Kier alpha value is -0.840. The SMILES string of the molecule is CC(C)NCc1ccoc1CN1CCOC(C)(C)C1. The molecule has 0 atom stereocenters. The van der Waals surface area contributed by atoms with Crippen molar-refractivity contribution >= 4 is 0 Å². The smallest absolute Gasteiger partial charge is 0.122 e. The van der Waals surface area contributed by atoms with Gasteiger partial charge in [0.25, 0.3) is 0 Å². The van der Waals surface area contributed by atoms with E-state index in [4.69, 9.17) is 9.15 Å². The molecular weight excluding hydrogens is 240 g/mol. The highest BCUT2D eigenvalue weighted by Gasteiger charge is 2.27. The van der Waals surface area contributed by atoms with Crippen LogP contribution in [0, 0.1) is 0 Å². The molecule has 1 aromatic rings. The summed E-state index contributed by atoms with van der Waals surface area (Å²) in [6.45, 7) is 13.1. The Balaban J connectivity index is 1.93. The third-order valence-corrected chi connectivity index (χ3v) is 3.41. The molecule has 0 aromatic carbocycles. The topological polar surface area (TPSA) is 37.6 Å². The molecule has 0 bridgehead atoms. The first-order chi connectivity index (χ1) is 8.96. The molecule has 1 saturated heterocycles. The van der Waals surface area contributed by atoms with Crippen molar-refractivity contribution in [2.75, 3.05) is 19.7 Å². The van der Waals surface area contributed by atoms with Crippen LogP contribution in [-0.2, 0) is 17.8 Å². The zero-order chi connectivity index (χ0) is 13.9. The zero-order valence-corrected chi connectivity index (χ0v) is 12.5. The lowest BCUT2D eigenvalue weighted by Gasteiger charge is -2.37. The van der Waals surface area contributed by atoms with Crippen molar-refractivity contribution in [1.29, 1.82) is 0 Å². The van der Waals surface area contributed by atoms with Gasteiger partial charge in [0, 0.05) is 31.2 Å². The first-order valence-corrected chi connectivity index (χ1v) is 7.11. The second kappa shape index (κ2) is 6.07. The maximum Gasteiger partial charge on any atom is 0.122 e. The van der Waals surface area contributed by atoms with Crippen LogP contribution in [0.1, 0.15) is 39.0 Å². The lowest BCUT2D eigenvalue weighted by molar-refractivity contribution is -0.0895. The molecule has 19 heavy (non-hydrogen) atoms. The lowest BCUT2D eigenvalue weighted by Crippen LogP contribution is -2.47. The van der Waals surface area contributed by atoms with Gasteiger partial charge >= 0.3 is 0 Å². The summed E-state index contributed by atoms with van der Waals surface area (Å²) < 4.78 is 11.4. The summed E-state index contributed by atoms with van der Waals surface area (Å²) in [6.07, 6.45) is 1.79. The summed E-state index contributed by atoms with van der Waals surface area (Å²) in [5.74, 6) is 1.07. The summed E-state index contributed by atoms with van der Waals surface area (Å²) in [4.78, 5) is 2.40. The maximum absolute atomic E-state index is 5.74. The van der Waals surface area contributed by atoms with E-state index in [1.807, 2.05) is 0 Å². The van der Waals surface area contributed by atoms with Crippen molar-refractivity contribution in [3.63, 3.8) is 0 Å². The standard InChI is InChI=1S/C15H26N2O2/c1-12(2)16-9-13-5-7-18-14(13)10-17-6-8-19-15(3,4)11-17/h5,7,12,16H,6,8-11H2,1-4H3. The average Bonchev–Trinajstić information content (AvgIpc) is 2.72. The minimum Gasteiger partial charge on any atom is -0.468 e. The van der Waals surface area contributed by atoms with Gasteiger partial charge in [-0.05, 0) is 19.9 Å². The number of rotatable bonds is 5. The number of nitrogens with zero attached hydrogens (tertiary/aromatic N) is 1. The van der Waals surface area contributed by atoms with Crippen LogP contribution >= 0.6 is 0 Å². The number of hydrogen-bond acceptors (Lipinski definition) is 4. The van der Waals surface area contributed by atoms with Gasteiger partial charge in [-0.2, -0.15) is 0 Å². The van der Waals surface area contributed by atoms with Crippen molar-refractivity contribution in [3.05, 3.63) is 23.7 Å². The van der Waals surface area contributed by atoms with Crippen LogP contribution < -0.4 is 5.32 Å². The van der Waals surface area contributed by atoms with Crippen LogP contribution in [0.25, 0.3) is 0 Å². The van der Waals surface area contributed by atoms with E-state index in [-0.39, 0.29) is 5.60 Å². The maximum atomic E-state index is 5.74. The molecule has 1 aromatic heterocycles. The van der Waals surface area contributed by atoms with Crippen molar-refractivity contribution in [1.82, 2.24) is 10.2 Å². The average molecular weight is 266 g/mol. The molecule has 4 nitrogen and oxygen atoms in total. The molecule has 0 unspecified atom stereocenters. The number of ether oxygens (including phenoxy) is 1. The molecular formula is C15H26N2O2. The van der Waals surface area contributed by atoms with E-state index in [2.05, 4.69) is 44.0 Å². The highest BCUT2D eigenvalue weighted by molar-refractivity contribution is 5.17. The van der Waals surface area contributed by atoms with Gasteiger partial charge in [-0.3, -0.25) is 4.90 Å². The first kappa shape index (κ1) is 14.6. The van der Waals surface area contributed by atoms with E-state index in [9.17, 15) is 0 Å². The fourth-order valence-corrected chi connectivity index (χ4v) is 2.43. The molecule has 0 radical (unpaired) electrons. The van der Waals surface area contributed by atoms with Gasteiger partial charge in [-0.25, -0.2) is 0 Å². The van der Waals surface area contributed by atoms with E-state index in [0.717, 1.165) is 38.5 Å². The summed E-state index contributed by atoms with van der Waals surface area (Å²) in [7, 11) is 0. The summed E-state index contributed by atoms with van der Waals surface area (Å²) in [6, 6.07) is 2.56. The molecule has 108 valence electrons. The third kappa shape index (κ3) is 4.34. The Kier molecular flexibility index (Phi) is 4.66. The van der Waals surface area contributed by atoms with Crippen LogP contribution in [0.15, 0.2) is 16.7 Å². The number of furan rings is 1. The Bertz CT molecular complexity index is 399. The van der Waals surface area contributed by atoms with E-state index in [1.165, 1.54) is 5.56 Å². The van der Waals surface area contributed by atoms with E-state index in [1.54, 1.807) is 6.26 Å². The first-order valence-electron chi connectivity index (χ1n) is 7.11. The molecule has 0 aliphatic carbocycles. The molecule has 0 saturated carbocycles. The van der Waals surface area contributed by atoms with Crippen molar-refractivity contribution in [2.24, 2.45) is 0 Å². The largest absolute Gasteiger partial charge is 0.468 e. The van der Waals surface area contributed by atoms with Gasteiger partial charge in [0.15, 0.2) is 0 Å². The van der Waals surface area contributed by atoms with Crippen LogP contribution in [0.5, 0.6) is 0 Å². The fraction of sp³-hybridized carbons (Fsp3) is 0.733. The third-order valence-electron chi connectivity index (χ3n) is 3.41. The van der Waals surface area contributed by atoms with Crippen molar-refractivity contribution in [3.8, 4) is 0 Å². The van der Waals surface area contributed by atoms with Crippen LogP contribution in [0.3, 0.4) is 0 Å². The number of nitrogens with one attached hydrogen (secondary N) is 1. The van der Waals surface area contributed by atoms with Crippen molar-refractivity contribution in [2.45, 2.75) is 52.4 Å². The molecule has 1 N–H and O–H groups in total. The molecule has 1 aliphatic heterocycles. The van der Waals surface area contributed by atoms with Crippen LogP contribution in [0.2, 0.25) is 0 Å². The van der Waals surface area contributed by atoms with Gasteiger partial charge in [0.1, 0.15) is 5.76 Å². The Morgan fingerprint density at radius 1 is 1.42 bits per heavy atom. The molecule has 2 heterocycles. The highest BCUT2D eigenvalue weighted by atomic mass is 16.5. The Morgan fingerprint density at radius 3 is 2.89 bits per heavy atom. The summed E-state index contributed by atoms with van der Waals surface area (Å²) in [5.41, 5.74) is 1.21. The summed E-state index contributed by atoms with van der Waals surface area (Å²) >= 11 is 0. The fourth-order valence-electron chi connectivity index (χ4n) is 2.43. The number of morpholine rings is 1. The Morgan fingerprint density at radius 2 is 2.21 bits per heavy atom. The second-order valence-corrected chi connectivity index (χ2v) is 6.22. The monoisotopic (exact) mass is 266 g/mol. The van der Waals surface area contributed by atoms with E-state index >= 15 is 0 Å². The van der Waals surface area contributed by atoms with Crippen LogP contribution in [0.4, 0.5) is 0 Å². The van der Waals surface area contributed by atoms with Gasteiger partial charge in [0.05, 0.1) is 25.0 Å². The minimum atomic E-state index is -0.0544. The second-order valence-electron chi connectivity index (χ2n) is 6.22. The molecule has 0 amide bonds. The predicted octanol–water partition coefficient (Wildman–Crippen LogP) is 2.39. The molecule has 1 fully saturated rings. The van der Waals surface area contributed by atoms with Gasteiger partial charge in [-0.15, -0.1) is 0 Å². The van der Waals surface area contributed by atoms with Crippen molar-refractivity contribution < 1.29 is 9.15 Å². The molecule has 4 heteroatoms. The summed E-state index contributed by atoms with van der Waals surface area (Å²) in [5, 5.41) is 3.44. The molecule has 1 aliphatic rings. The van der Waals surface area contributed by atoms with Gasteiger partial charge < -0.3 is 14.5 Å². The predicted molar refractivity (Wildman–Crippen MR) is 76.0 cm³/mol. The molecule has 0 spiro atoms. The zero-order valence-electron chi connectivity index (χ0n) is 12.5. The van der Waals surface area contributed by atoms with E-state index < -0.39 is 0 Å². The lowest BCUT2D eigenvalue weighted by atomic mass is 10.1. The minimum absolute atomic E-state index is 0.0544. The Labute approximate surface area is 116 Å². The normalized spacial score (nSPS) is 20.1. The molecule has 2 rings (SSSR count). The highest BCUT2D eigenvalue weighted by Crippen LogP contribution is 2.20. The van der Waals surface area contributed by atoms with Gasteiger partial charge in [-0.1, -0.05) is 13.8 Å². The van der Waals surface area contributed by atoms with E-state index in [0.29, 0.717) is 6.04 Å². The van der Waals surface area contributed by atoms with Gasteiger partial charge in [0.2, 0.25) is 0 Å². The van der Waals surface area contributed by atoms with Crippen LogP contribution in [-0.4, -0.2) is 36.2 Å². The quantitative estimate of drug-likeness (QED) is 0.888. The number of hydrogen-bond donors (Lipinski definition) is 1.